The second kappa shape index (κ2) is 8.08. The van der Waals surface area contributed by atoms with Gasteiger partial charge in [-0.05, 0) is 36.8 Å². The van der Waals surface area contributed by atoms with E-state index >= 15 is 0 Å². The zero-order valence-corrected chi connectivity index (χ0v) is 14.8. The zero-order valence-electron chi connectivity index (χ0n) is 14.1. The van der Waals surface area contributed by atoms with Crippen molar-refractivity contribution < 1.29 is 14.3 Å². The van der Waals surface area contributed by atoms with Crippen LogP contribution in [0.15, 0.2) is 48.5 Å². The van der Waals surface area contributed by atoms with E-state index in [0.29, 0.717) is 31.3 Å². The number of rotatable bonds is 5. The molecule has 0 fully saturated rings. The third-order valence-corrected chi connectivity index (χ3v) is 4.20. The number of hydrogen-bond donors (Lipinski definition) is 0. The van der Waals surface area contributed by atoms with Crippen LogP contribution in [-0.2, 0) is 11.3 Å². The average molecular weight is 358 g/mol. The summed E-state index contributed by atoms with van der Waals surface area (Å²) in [5.74, 6) is 1.41. The van der Waals surface area contributed by atoms with E-state index in [9.17, 15) is 4.79 Å². The summed E-state index contributed by atoms with van der Waals surface area (Å²) in [4.78, 5) is 14.3. The van der Waals surface area contributed by atoms with E-state index in [1.165, 1.54) is 0 Å². The first-order chi connectivity index (χ1) is 12.2. The highest BCUT2D eigenvalue weighted by molar-refractivity contribution is 6.30. The Bertz CT molecular complexity index is 788. The molecule has 1 aliphatic heterocycles. The van der Waals surface area contributed by atoms with Gasteiger partial charge in [0, 0.05) is 29.8 Å². The monoisotopic (exact) mass is 357 g/mol. The van der Waals surface area contributed by atoms with Crippen LogP contribution < -0.4 is 9.47 Å². The Balaban J connectivity index is 1.73. The van der Waals surface area contributed by atoms with Gasteiger partial charge in [-0.2, -0.15) is 0 Å². The minimum absolute atomic E-state index is 0.0585. The molecule has 3 rings (SSSR count). The standard InChI is InChI=1S/C20H20ClNO3/c1-2-22(19(23)10-9-15-5-3-7-17(21)13-15)14-16-6-4-8-18-20(16)25-12-11-24-18/h3-10,13H,2,11-12,14H2,1H3/b10-9+. The normalized spacial score (nSPS) is 13.0. The van der Waals surface area contributed by atoms with E-state index in [0.717, 1.165) is 22.6 Å². The van der Waals surface area contributed by atoms with Gasteiger partial charge >= 0.3 is 0 Å². The molecule has 0 radical (unpaired) electrons. The maximum absolute atomic E-state index is 12.5. The highest BCUT2D eigenvalue weighted by atomic mass is 35.5. The predicted octanol–water partition coefficient (Wildman–Crippen LogP) is 4.17. The molecule has 0 atom stereocenters. The molecule has 2 aromatic rings. The second-order valence-corrected chi connectivity index (χ2v) is 6.12. The summed E-state index contributed by atoms with van der Waals surface area (Å²) in [6, 6.07) is 13.2. The zero-order chi connectivity index (χ0) is 17.6. The molecule has 1 heterocycles. The van der Waals surface area contributed by atoms with Crippen LogP contribution in [0.4, 0.5) is 0 Å². The van der Waals surface area contributed by atoms with E-state index in [-0.39, 0.29) is 5.91 Å². The molecule has 5 heteroatoms. The fourth-order valence-electron chi connectivity index (χ4n) is 2.69. The average Bonchev–Trinajstić information content (AvgIpc) is 2.64. The number of fused-ring (bicyclic) bond motifs is 1. The molecular weight excluding hydrogens is 338 g/mol. The fourth-order valence-corrected chi connectivity index (χ4v) is 2.89. The van der Waals surface area contributed by atoms with Crippen LogP contribution in [0.25, 0.3) is 6.08 Å². The van der Waals surface area contributed by atoms with Gasteiger partial charge < -0.3 is 14.4 Å². The number of likely N-dealkylation sites (N-methyl/N-ethyl adjacent to an activating group) is 1. The van der Waals surface area contributed by atoms with Crippen molar-refractivity contribution >= 4 is 23.6 Å². The second-order valence-electron chi connectivity index (χ2n) is 5.68. The summed E-state index contributed by atoms with van der Waals surface area (Å²) >= 11 is 5.97. The molecule has 1 aliphatic rings. The fraction of sp³-hybridized carbons (Fsp3) is 0.250. The van der Waals surface area contributed by atoms with Crippen molar-refractivity contribution in [1.82, 2.24) is 4.90 Å². The van der Waals surface area contributed by atoms with Gasteiger partial charge in [0.05, 0.1) is 0 Å². The summed E-state index contributed by atoms with van der Waals surface area (Å²) < 4.78 is 11.3. The lowest BCUT2D eigenvalue weighted by molar-refractivity contribution is -0.126. The quantitative estimate of drug-likeness (QED) is 0.754. The third kappa shape index (κ3) is 4.34. The number of carbonyl (C=O) groups is 1. The van der Waals surface area contributed by atoms with Gasteiger partial charge in [-0.15, -0.1) is 0 Å². The Hall–Kier alpha value is -2.46. The Morgan fingerprint density at radius 3 is 2.80 bits per heavy atom. The van der Waals surface area contributed by atoms with Crippen LogP contribution >= 0.6 is 11.6 Å². The van der Waals surface area contributed by atoms with Crippen molar-refractivity contribution in [3.8, 4) is 11.5 Å². The summed E-state index contributed by atoms with van der Waals surface area (Å²) in [5, 5.41) is 0.648. The molecule has 1 amide bonds. The van der Waals surface area contributed by atoms with Gasteiger partial charge in [0.1, 0.15) is 13.2 Å². The Morgan fingerprint density at radius 2 is 2.00 bits per heavy atom. The molecule has 0 unspecified atom stereocenters. The summed E-state index contributed by atoms with van der Waals surface area (Å²) in [7, 11) is 0. The number of para-hydroxylation sites is 1. The van der Waals surface area contributed by atoms with Crippen molar-refractivity contribution in [2.75, 3.05) is 19.8 Å². The SMILES string of the molecule is CCN(Cc1cccc2c1OCCO2)C(=O)/C=C/c1cccc(Cl)c1. The van der Waals surface area contributed by atoms with Gasteiger partial charge in [0.15, 0.2) is 11.5 Å². The van der Waals surface area contributed by atoms with Crippen LogP contribution in [0.3, 0.4) is 0 Å². The topological polar surface area (TPSA) is 38.8 Å². The Labute approximate surface area is 152 Å². The third-order valence-electron chi connectivity index (χ3n) is 3.97. The minimum atomic E-state index is -0.0585. The Morgan fingerprint density at radius 1 is 1.20 bits per heavy atom. The number of amides is 1. The van der Waals surface area contributed by atoms with Crippen LogP contribution in [0.1, 0.15) is 18.1 Å². The highest BCUT2D eigenvalue weighted by Crippen LogP contribution is 2.34. The van der Waals surface area contributed by atoms with Crippen LogP contribution in [0.2, 0.25) is 5.02 Å². The molecule has 0 spiro atoms. The molecule has 25 heavy (non-hydrogen) atoms. The van der Waals surface area contributed by atoms with Crippen molar-refractivity contribution in [2.45, 2.75) is 13.5 Å². The van der Waals surface area contributed by atoms with Crippen molar-refractivity contribution in [3.05, 3.63) is 64.7 Å². The molecule has 4 nitrogen and oxygen atoms in total. The van der Waals surface area contributed by atoms with Crippen LogP contribution in [-0.4, -0.2) is 30.6 Å². The first kappa shape index (κ1) is 17.4. The summed E-state index contributed by atoms with van der Waals surface area (Å²) in [5.41, 5.74) is 1.84. The largest absolute Gasteiger partial charge is 0.486 e. The Kier molecular flexibility index (Phi) is 5.61. The van der Waals surface area contributed by atoms with Crippen molar-refractivity contribution in [3.63, 3.8) is 0 Å². The lowest BCUT2D eigenvalue weighted by Crippen LogP contribution is -2.29. The maximum atomic E-state index is 12.5. The number of benzene rings is 2. The van der Waals surface area contributed by atoms with Gasteiger partial charge in [-0.25, -0.2) is 0 Å². The lowest BCUT2D eigenvalue weighted by atomic mass is 10.1. The van der Waals surface area contributed by atoms with Gasteiger partial charge in [0.25, 0.3) is 0 Å². The minimum Gasteiger partial charge on any atom is -0.486 e. The smallest absolute Gasteiger partial charge is 0.246 e. The molecule has 130 valence electrons. The molecular formula is C20H20ClNO3. The van der Waals surface area contributed by atoms with Crippen LogP contribution in [0.5, 0.6) is 11.5 Å². The number of ether oxygens (including phenoxy) is 2. The predicted molar refractivity (Wildman–Crippen MR) is 99.0 cm³/mol. The van der Waals surface area contributed by atoms with E-state index in [2.05, 4.69) is 0 Å². The van der Waals surface area contributed by atoms with E-state index < -0.39 is 0 Å². The number of hydrogen-bond acceptors (Lipinski definition) is 3. The van der Waals surface area contributed by atoms with E-state index in [4.69, 9.17) is 21.1 Å². The maximum Gasteiger partial charge on any atom is 0.246 e. The molecule has 0 aliphatic carbocycles. The van der Waals surface area contributed by atoms with E-state index in [1.54, 1.807) is 23.1 Å². The summed E-state index contributed by atoms with van der Waals surface area (Å²) in [6.45, 7) is 4.11. The lowest BCUT2D eigenvalue weighted by Gasteiger charge is -2.24. The van der Waals surface area contributed by atoms with Crippen molar-refractivity contribution in [1.29, 1.82) is 0 Å². The number of halogens is 1. The molecule has 2 aromatic carbocycles. The van der Waals surface area contributed by atoms with Crippen molar-refractivity contribution in [2.24, 2.45) is 0 Å². The first-order valence-electron chi connectivity index (χ1n) is 8.27. The number of nitrogens with zero attached hydrogens (tertiary/aromatic N) is 1. The van der Waals surface area contributed by atoms with Gasteiger partial charge in [0.2, 0.25) is 5.91 Å². The molecule has 0 saturated carbocycles. The highest BCUT2D eigenvalue weighted by Gasteiger charge is 2.18. The molecule has 0 N–H and O–H groups in total. The summed E-state index contributed by atoms with van der Waals surface area (Å²) in [6.07, 6.45) is 3.35. The van der Waals surface area contributed by atoms with Crippen LogP contribution in [0, 0.1) is 0 Å². The van der Waals surface area contributed by atoms with Gasteiger partial charge in [-0.3, -0.25) is 4.79 Å². The van der Waals surface area contributed by atoms with E-state index in [1.807, 2.05) is 43.3 Å². The molecule has 0 aromatic heterocycles. The first-order valence-corrected chi connectivity index (χ1v) is 8.65. The number of carbonyl (C=O) groups excluding carboxylic acids is 1. The molecule has 0 bridgehead atoms. The van der Waals surface area contributed by atoms with Gasteiger partial charge in [-0.1, -0.05) is 35.9 Å². The molecule has 0 saturated heterocycles.